The van der Waals surface area contributed by atoms with Gasteiger partial charge in [0.1, 0.15) is 0 Å². The highest BCUT2D eigenvalue weighted by Crippen LogP contribution is 2.41. The third kappa shape index (κ3) is 3.46. The molecule has 4 rings (SSSR count). The largest absolute Gasteiger partial charge is 0.451 e. The number of fused-ring (bicyclic) bond motifs is 2. The molecular formula is C21H23N3O5S. The van der Waals surface area contributed by atoms with Gasteiger partial charge in [-0.2, -0.15) is 13.7 Å². The van der Waals surface area contributed by atoms with Crippen molar-refractivity contribution in [2.75, 3.05) is 5.32 Å². The predicted octanol–water partition coefficient (Wildman–Crippen LogP) is 2.87. The Morgan fingerprint density at radius 3 is 2.20 bits per heavy atom. The van der Waals surface area contributed by atoms with E-state index in [1.54, 1.807) is 0 Å². The van der Waals surface area contributed by atoms with Gasteiger partial charge in [0.2, 0.25) is 5.09 Å². The van der Waals surface area contributed by atoms with E-state index >= 15 is 0 Å². The van der Waals surface area contributed by atoms with Crippen molar-refractivity contribution in [2.24, 2.45) is 0 Å². The summed E-state index contributed by atoms with van der Waals surface area (Å²) in [4.78, 5) is 12.6. The number of nitrogens with zero attached hydrogens (tertiary/aromatic N) is 1. The molecule has 8 nitrogen and oxygen atoms in total. The van der Waals surface area contributed by atoms with Crippen LogP contribution in [0.1, 0.15) is 60.1 Å². The fourth-order valence-electron chi connectivity index (χ4n) is 4.33. The van der Waals surface area contributed by atoms with Crippen molar-refractivity contribution in [2.45, 2.75) is 63.1 Å². The van der Waals surface area contributed by atoms with Crippen LogP contribution in [-0.2, 0) is 41.3 Å². The molecule has 0 radical (unpaired) electrons. The van der Waals surface area contributed by atoms with Gasteiger partial charge in [-0.1, -0.05) is 0 Å². The Hall–Kier alpha value is -2.83. The predicted molar refractivity (Wildman–Crippen MR) is 109 cm³/mol. The zero-order valence-corrected chi connectivity index (χ0v) is 17.6. The SMILES string of the molecule is CC(C)(O)c1coc(S(=O)(=O)NC(=O)Nc2c3c(c(C#N)c4c2CCC4)CCC3)c1. The average molecular weight is 429 g/mol. The number of hydrogen-bond acceptors (Lipinski definition) is 6. The van der Waals surface area contributed by atoms with E-state index in [9.17, 15) is 23.6 Å². The minimum atomic E-state index is -4.25. The Labute approximate surface area is 174 Å². The van der Waals surface area contributed by atoms with Crippen LogP contribution in [0.4, 0.5) is 10.5 Å². The molecule has 2 aromatic rings. The zero-order valence-electron chi connectivity index (χ0n) is 16.8. The summed E-state index contributed by atoms with van der Waals surface area (Å²) in [5, 5.41) is 21.9. The number of aliphatic hydroxyl groups is 1. The van der Waals surface area contributed by atoms with Crippen LogP contribution in [0.25, 0.3) is 0 Å². The molecule has 2 aliphatic carbocycles. The molecule has 0 spiro atoms. The normalized spacial score (nSPS) is 15.4. The fraction of sp³-hybridized carbons (Fsp3) is 0.429. The van der Waals surface area contributed by atoms with Gasteiger partial charge >= 0.3 is 6.03 Å². The summed E-state index contributed by atoms with van der Waals surface area (Å²) in [5.74, 6) is 0. The van der Waals surface area contributed by atoms with Crippen molar-refractivity contribution in [1.82, 2.24) is 4.72 Å². The highest BCUT2D eigenvalue weighted by Gasteiger charge is 2.31. The molecule has 0 saturated heterocycles. The van der Waals surface area contributed by atoms with Crippen LogP contribution in [0, 0.1) is 11.3 Å². The maximum absolute atomic E-state index is 12.6. The molecule has 0 atom stereocenters. The lowest BCUT2D eigenvalue weighted by atomic mass is 9.93. The lowest BCUT2D eigenvalue weighted by molar-refractivity contribution is 0.0779. The van der Waals surface area contributed by atoms with Crippen molar-refractivity contribution in [3.8, 4) is 6.07 Å². The van der Waals surface area contributed by atoms with Gasteiger partial charge < -0.3 is 14.8 Å². The standard InChI is InChI=1S/C21H23N3O5S/c1-21(2,26)12-9-18(29-11-12)30(27,28)24-20(25)23-19-15-7-3-5-13(15)17(10-22)14-6-4-8-16(14)19/h9,11,26H,3-8H2,1-2H3,(H2,23,24,25). The first-order valence-electron chi connectivity index (χ1n) is 9.86. The Kier molecular flexibility index (Phi) is 4.87. The van der Waals surface area contributed by atoms with E-state index in [0.29, 0.717) is 5.69 Å². The fourth-order valence-corrected chi connectivity index (χ4v) is 5.18. The molecular weight excluding hydrogens is 406 g/mol. The summed E-state index contributed by atoms with van der Waals surface area (Å²) in [5.41, 5.74) is 4.18. The van der Waals surface area contributed by atoms with Crippen LogP contribution >= 0.6 is 0 Å². The van der Waals surface area contributed by atoms with Crippen molar-refractivity contribution in [3.05, 3.63) is 45.7 Å². The minimum Gasteiger partial charge on any atom is -0.451 e. The molecule has 0 saturated carbocycles. The molecule has 0 fully saturated rings. The second-order valence-corrected chi connectivity index (χ2v) is 9.87. The topological polar surface area (TPSA) is 132 Å². The number of carbonyl (C=O) groups excluding carboxylic acids is 1. The number of benzene rings is 1. The smallest absolute Gasteiger partial charge is 0.333 e. The van der Waals surface area contributed by atoms with E-state index in [2.05, 4.69) is 11.4 Å². The van der Waals surface area contributed by atoms with Crippen LogP contribution in [0.5, 0.6) is 0 Å². The van der Waals surface area contributed by atoms with Gasteiger partial charge in [-0.05, 0) is 74.6 Å². The first-order valence-corrected chi connectivity index (χ1v) is 11.3. The number of nitrogens with one attached hydrogen (secondary N) is 2. The molecule has 1 aromatic heterocycles. The van der Waals surface area contributed by atoms with E-state index in [4.69, 9.17) is 4.42 Å². The average Bonchev–Trinajstić information content (AvgIpc) is 3.40. The molecule has 0 bridgehead atoms. The second kappa shape index (κ2) is 7.15. The lowest BCUT2D eigenvalue weighted by Crippen LogP contribution is -2.34. The summed E-state index contributed by atoms with van der Waals surface area (Å²) in [6.45, 7) is 3.00. The number of furan rings is 1. The van der Waals surface area contributed by atoms with Crippen LogP contribution in [-0.4, -0.2) is 19.6 Å². The highest BCUT2D eigenvalue weighted by atomic mass is 32.2. The first kappa shape index (κ1) is 20.4. The third-order valence-electron chi connectivity index (χ3n) is 5.77. The van der Waals surface area contributed by atoms with Gasteiger partial charge in [0.15, 0.2) is 0 Å². The Morgan fingerprint density at radius 2 is 1.70 bits per heavy atom. The van der Waals surface area contributed by atoms with E-state index < -0.39 is 26.7 Å². The van der Waals surface area contributed by atoms with Crippen molar-refractivity contribution in [3.63, 3.8) is 0 Å². The van der Waals surface area contributed by atoms with Crippen molar-refractivity contribution >= 4 is 21.7 Å². The van der Waals surface area contributed by atoms with Gasteiger partial charge in [-0.15, -0.1) is 0 Å². The van der Waals surface area contributed by atoms with Crippen molar-refractivity contribution < 1.29 is 22.7 Å². The van der Waals surface area contributed by atoms with Crippen LogP contribution in [0.3, 0.4) is 0 Å². The van der Waals surface area contributed by atoms with Gasteiger partial charge in [-0.3, -0.25) is 0 Å². The summed E-state index contributed by atoms with van der Waals surface area (Å²) in [7, 11) is -4.25. The number of carbonyl (C=O) groups is 1. The number of amides is 2. The molecule has 0 aliphatic heterocycles. The highest BCUT2D eigenvalue weighted by molar-refractivity contribution is 7.89. The monoisotopic (exact) mass is 429 g/mol. The third-order valence-corrected chi connectivity index (χ3v) is 6.96. The van der Waals surface area contributed by atoms with Crippen LogP contribution in [0.15, 0.2) is 21.8 Å². The maximum Gasteiger partial charge on any atom is 0.333 e. The molecule has 0 unspecified atom stereocenters. The van der Waals surface area contributed by atoms with Crippen LogP contribution < -0.4 is 10.0 Å². The van der Waals surface area contributed by atoms with E-state index in [-0.39, 0.29) is 5.56 Å². The summed E-state index contributed by atoms with van der Waals surface area (Å²) in [6.07, 6.45) is 5.99. The zero-order chi connectivity index (χ0) is 21.7. The molecule has 1 heterocycles. The van der Waals surface area contributed by atoms with Crippen molar-refractivity contribution in [1.29, 1.82) is 5.26 Å². The summed E-state index contributed by atoms with van der Waals surface area (Å²) >= 11 is 0. The minimum absolute atomic E-state index is 0.283. The maximum atomic E-state index is 12.6. The van der Waals surface area contributed by atoms with Gasteiger partial charge in [0, 0.05) is 17.3 Å². The molecule has 30 heavy (non-hydrogen) atoms. The number of rotatable bonds is 4. The first-order chi connectivity index (χ1) is 14.1. The van der Waals surface area contributed by atoms with Gasteiger partial charge in [0.05, 0.1) is 23.5 Å². The number of urea groups is 1. The molecule has 1 aromatic carbocycles. The van der Waals surface area contributed by atoms with Crippen LogP contribution in [0.2, 0.25) is 0 Å². The summed E-state index contributed by atoms with van der Waals surface area (Å²) < 4.78 is 32.1. The number of hydrogen-bond donors (Lipinski definition) is 3. The van der Waals surface area contributed by atoms with Gasteiger partial charge in [0.25, 0.3) is 10.0 Å². The quantitative estimate of drug-likeness (QED) is 0.685. The van der Waals surface area contributed by atoms with E-state index in [1.165, 1.54) is 19.9 Å². The molecule has 158 valence electrons. The van der Waals surface area contributed by atoms with Gasteiger partial charge in [-0.25, -0.2) is 9.52 Å². The Bertz CT molecular complexity index is 1150. The van der Waals surface area contributed by atoms with E-state index in [0.717, 1.165) is 72.6 Å². The number of nitriles is 1. The Morgan fingerprint density at radius 1 is 1.13 bits per heavy atom. The summed E-state index contributed by atoms with van der Waals surface area (Å²) in [6, 6.07) is 2.63. The molecule has 3 N–H and O–H groups in total. The number of anilines is 1. The Balaban J connectivity index is 1.61. The van der Waals surface area contributed by atoms with E-state index in [1.807, 2.05) is 4.72 Å². The lowest BCUT2D eigenvalue weighted by Gasteiger charge is -2.18. The molecule has 2 aliphatic rings. The number of sulfonamides is 1. The molecule has 2 amide bonds. The second-order valence-electron chi connectivity index (χ2n) is 8.26. The molecule has 9 heteroatoms.